The quantitative estimate of drug-likeness (QED) is 0.363. The lowest BCUT2D eigenvalue weighted by molar-refractivity contribution is 0.0971. The van der Waals surface area contributed by atoms with Gasteiger partial charge in [0.1, 0.15) is 11.4 Å². The molecule has 0 saturated carbocycles. The van der Waals surface area contributed by atoms with E-state index in [4.69, 9.17) is 4.42 Å². The molecule has 2 heterocycles. The molecule has 0 aliphatic carbocycles. The van der Waals surface area contributed by atoms with Gasteiger partial charge in [0.15, 0.2) is 5.43 Å². The highest BCUT2D eigenvalue weighted by atomic mass is 79.9. The zero-order chi connectivity index (χ0) is 21.7. The van der Waals surface area contributed by atoms with Gasteiger partial charge in [-0.25, -0.2) is 4.39 Å². The highest BCUT2D eigenvalue weighted by Crippen LogP contribution is 2.41. The molecule has 4 aromatic rings. The summed E-state index contributed by atoms with van der Waals surface area (Å²) in [7, 11) is 0. The van der Waals surface area contributed by atoms with E-state index in [1.165, 1.54) is 29.2 Å². The van der Waals surface area contributed by atoms with Crippen LogP contribution in [0.4, 0.5) is 10.1 Å². The van der Waals surface area contributed by atoms with Crippen molar-refractivity contribution in [2.75, 3.05) is 4.90 Å². The van der Waals surface area contributed by atoms with E-state index in [9.17, 15) is 14.0 Å². The maximum atomic E-state index is 13.6. The Morgan fingerprint density at radius 2 is 1.71 bits per heavy atom. The number of hydrogen-bond donors (Lipinski definition) is 0. The molecule has 31 heavy (non-hydrogen) atoms. The largest absolute Gasteiger partial charge is 0.450 e. The molecule has 0 fully saturated rings. The Hall–Kier alpha value is -3.25. The summed E-state index contributed by atoms with van der Waals surface area (Å²) >= 11 is 3.40. The minimum Gasteiger partial charge on any atom is -0.450 e. The predicted octanol–water partition coefficient (Wildman–Crippen LogP) is 6.01. The molecule has 5 rings (SSSR count). The Balaban J connectivity index is 1.79. The summed E-state index contributed by atoms with van der Waals surface area (Å²) in [6.07, 6.45) is 0.878. The van der Waals surface area contributed by atoms with Crippen LogP contribution < -0.4 is 10.3 Å². The van der Waals surface area contributed by atoms with E-state index in [2.05, 4.69) is 22.9 Å². The van der Waals surface area contributed by atoms with E-state index in [0.717, 1.165) is 22.0 Å². The number of carbonyl (C=O) groups is 1. The fraction of sp³-hybridized carbons (Fsp3) is 0.120. The molecule has 154 valence electrons. The van der Waals surface area contributed by atoms with Crippen LogP contribution >= 0.6 is 15.9 Å². The summed E-state index contributed by atoms with van der Waals surface area (Å²) in [4.78, 5) is 28.5. The second-order valence-corrected chi connectivity index (χ2v) is 8.38. The Bertz CT molecular complexity index is 1380. The number of amides is 1. The van der Waals surface area contributed by atoms with Gasteiger partial charge in [0, 0.05) is 10.2 Å². The fourth-order valence-corrected chi connectivity index (χ4v) is 4.43. The lowest BCUT2D eigenvalue weighted by Crippen LogP contribution is -2.29. The standard InChI is InChI=1S/C25H17BrFNO3/c1-2-14-3-5-15(6-4-14)22-21-23(29)19-13-16(26)7-12-20(19)31-24(21)25(30)28(22)18-10-8-17(27)9-11-18/h3-13,22H,2H2,1H3. The van der Waals surface area contributed by atoms with Gasteiger partial charge >= 0.3 is 0 Å². The highest BCUT2D eigenvalue weighted by Gasteiger charge is 2.43. The van der Waals surface area contributed by atoms with Crippen molar-refractivity contribution in [1.82, 2.24) is 0 Å². The zero-order valence-corrected chi connectivity index (χ0v) is 18.1. The molecule has 3 aromatic carbocycles. The number of benzene rings is 3. The molecule has 6 heteroatoms. The normalized spacial score (nSPS) is 15.5. The Labute approximate surface area is 186 Å². The van der Waals surface area contributed by atoms with Crippen LogP contribution in [0, 0.1) is 5.82 Å². The van der Waals surface area contributed by atoms with Crippen LogP contribution in [0.5, 0.6) is 0 Å². The van der Waals surface area contributed by atoms with E-state index in [1.807, 2.05) is 24.3 Å². The average Bonchev–Trinajstić information content (AvgIpc) is 3.07. The van der Waals surface area contributed by atoms with Gasteiger partial charge in [0.05, 0.1) is 17.0 Å². The number of halogens is 2. The molecule has 1 aliphatic heterocycles. The second-order valence-electron chi connectivity index (χ2n) is 7.46. The van der Waals surface area contributed by atoms with E-state index in [0.29, 0.717) is 22.2 Å². The van der Waals surface area contributed by atoms with Crippen LogP contribution in [-0.2, 0) is 6.42 Å². The van der Waals surface area contributed by atoms with Gasteiger partial charge in [-0.3, -0.25) is 14.5 Å². The lowest BCUT2D eigenvalue weighted by atomic mass is 9.97. The van der Waals surface area contributed by atoms with Crippen molar-refractivity contribution in [3.8, 4) is 0 Å². The van der Waals surface area contributed by atoms with Crippen molar-refractivity contribution in [3.05, 3.63) is 110 Å². The first-order chi connectivity index (χ1) is 15.0. The van der Waals surface area contributed by atoms with Crippen LogP contribution in [0.25, 0.3) is 11.0 Å². The number of aryl methyl sites for hydroxylation is 1. The Morgan fingerprint density at radius 1 is 1.00 bits per heavy atom. The molecule has 0 spiro atoms. The molecule has 1 amide bonds. The maximum Gasteiger partial charge on any atom is 0.295 e. The summed E-state index contributed by atoms with van der Waals surface area (Å²) in [5.41, 5.74) is 2.82. The van der Waals surface area contributed by atoms with Crippen molar-refractivity contribution in [3.63, 3.8) is 0 Å². The van der Waals surface area contributed by atoms with Crippen LogP contribution in [0.1, 0.15) is 40.2 Å². The van der Waals surface area contributed by atoms with Crippen molar-refractivity contribution in [2.45, 2.75) is 19.4 Å². The summed E-state index contributed by atoms with van der Waals surface area (Å²) in [5, 5.41) is 0.400. The summed E-state index contributed by atoms with van der Waals surface area (Å²) in [5.74, 6) is -0.802. The van der Waals surface area contributed by atoms with Gasteiger partial charge < -0.3 is 4.42 Å². The van der Waals surface area contributed by atoms with Gasteiger partial charge in [-0.1, -0.05) is 47.1 Å². The molecular weight excluding hydrogens is 461 g/mol. The van der Waals surface area contributed by atoms with Gasteiger partial charge in [-0.15, -0.1) is 0 Å². The van der Waals surface area contributed by atoms with E-state index >= 15 is 0 Å². The number of carbonyl (C=O) groups excluding carboxylic acids is 1. The van der Waals surface area contributed by atoms with Gasteiger partial charge in [0.25, 0.3) is 5.91 Å². The monoisotopic (exact) mass is 477 g/mol. The molecule has 1 unspecified atom stereocenters. The first-order valence-electron chi connectivity index (χ1n) is 9.92. The average molecular weight is 478 g/mol. The van der Waals surface area contributed by atoms with Crippen molar-refractivity contribution in [2.24, 2.45) is 0 Å². The zero-order valence-electron chi connectivity index (χ0n) is 16.6. The molecule has 0 bridgehead atoms. The number of rotatable bonds is 3. The molecule has 1 atom stereocenters. The minimum absolute atomic E-state index is 0.0220. The molecular formula is C25H17BrFNO3. The third-order valence-electron chi connectivity index (χ3n) is 5.64. The first kappa shape index (κ1) is 19.7. The number of fused-ring (bicyclic) bond motifs is 2. The minimum atomic E-state index is -0.668. The Kier molecular flexibility index (Phi) is 4.74. The van der Waals surface area contributed by atoms with Crippen LogP contribution in [-0.4, -0.2) is 5.91 Å². The van der Waals surface area contributed by atoms with E-state index in [1.54, 1.807) is 18.2 Å². The first-order valence-corrected chi connectivity index (χ1v) is 10.7. The molecule has 0 radical (unpaired) electrons. The lowest BCUT2D eigenvalue weighted by Gasteiger charge is -2.25. The predicted molar refractivity (Wildman–Crippen MR) is 121 cm³/mol. The van der Waals surface area contributed by atoms with E-state index < -0.39 is 17.8 Å². The van der Waals surface area contributed by atoms with Crippen molar-refractivity contribution < 1.29 is 13.6 Å². The summed E-state index contributed by atoms with van der Waals surface area (Å²) < 4.78 is 20.2. The smallest absolute Gasteiger partial charge is 0.295 e. The molecule has 0 N–H and O–H groups in total. The maximum absolute atomic E-state index is 13.6. The third kappa shape index (κ3) is 3.18. The van der Waals surface area contributed by atoms with Crippen molar-refractivity contribution in [1.29, 1.82) is 0 Å². The molecule has 1 aliphatic rings. The van der Waals surface area contributed by atoms with Gasteiger partial charge in [-0.05, 0) is 60.0 Å². The van der Waals surface area contributed by atoms with Gasteiger partial charge in [0.2, 0.25) is 5.76 Å². The summed E-state index contributed by atoms with van der Waals surface area (Å²) in [6, 6.07) is 17.9. The number of anilines is 1. The molecule has 1 aromatic heterocycles. The molecule has 0 saturated heterocycles. The fourth-order valence-electron chi connectivity index (χ4n) is 4.06. The SMILES string of the molecule is CCc1ccc(C2c3c(oc4ccc(Br)cc4c3=O)C(=O)N2c2ccc(F)cc2)cc1. The number of nitrogens with zero attached hydrogens (tertiary/aromatic N) is 1. The van der Waals surface area contributed by atoms with Crippen molar-refractivity contribution >= 4 is 38.5 Å². The van der Waals surface area contributed by atoms with Gasteiger partial charge in [-0.2, -0.15) is 0 Å². The third-order valence-corrected chi connectivity index (χ3v) is 6.13. The Morgan fingerprint density at radius 3 is 2.39 bits per heavy atom. The topological polar surface area (TPSA) is 50.5 Å². The highest BCUT2D eigenvalue weighted by molar-refractivity contribution is 9.10. The van der Waals surface area contributed by atoms with Crippen LogP contribution in [0.3, 0.4) is 0 Å². The second kappa shape index (κ2) is 7.46. The van der Waals surface area contributed by atoms with E-state index in [-0.39, 0.29) is 11.2 Å². The van der Waals surface area contributed by atoms with Crippen LogP contribution in [0.15, 0.2) is 80.4 Å². The van der Waals surface area contributed by atoms with Crippen LogP contribution in [0.2, 0.25) is 0 Å². The number of hydrogen-bond acceptors (Lipinski definition) is 3. The molecule has 4 nitrogen and oxygen atoms in total. The summed E-state index contributed by atoms with van der Waals surface area (Å²) in [6.45, 7) is 2.06.